The van der Waals surface area contributed by atoms with Gasteiger partial charge in [-0.2, -0.15) is 4.31 Å². The van der Waals surface area contributed by atoms with Gasteiger partial charge in [-0.1, -0.05) is 0 Å². The molecular formula is C19H27N3O5S. The lowest BCUT2D eigenvalue weighted by molar-refractivity contribution is -0.137. The number of hydrogen-bond donors (Lipinski definition) is 0. The lowest BCUT2D eigenvalue weighted by Gasteiger charge is -2.35. The van der Waals surface area contributed by atoms with Crippen LogP contribution in [0.5, 0.6) is 5.75 Å². The molecule has 28 heavy (non-hydrogen) atoms. The van der Waals surface area contributed by atoms with E-state index in [2.05, 4.69) is 0 Å². The molecule has 1 aromatic carbocycles. The number of sulfonamides is 1. The lowest BCUT2D eigenvalue weighted by Crippen LogP contribution is -2.52. The number of methoxy groups -OCH3 is 1. The van der Waals surface area contributed by atoms with Crippen molar-refractivity contribution in [1.82, 2.24) is 14.1 Å². The number of carbonyl (C=O) groups is 2. The largest absolute Gasteiger partial charge is 0.497 e. The van der Waals surface area contributed by atoms with Crippen LogP contribution in [0.2, 0.25) is 0 Å². The van der Waals surface area contributed by atoms with Crippen LogP contribution in [0, 0.1) is 5.92 Å². The number of likely N-dealkylation sites (tertiary alicyclic amines) is 1. The zero-order valence-corrected chi connectivity index (χ0v) is 17.3. The lowest BCUT2D eigenvalue weighted by atomic mass is 10.1. The van der Waals surface area contributed by atoms with Gasteiger partial charge >= 0.3 is 0 Å². The highest BCUT2D eigenvalue weighted by molar-refractivity contribution is 7.89. The van der Waals surface area contributed by atoms with Gasteiger partial charge in [-0.05, 0) is 38.1 Å². The van der Waals surface area contributed by atoms with Crippen LogP contribution in [0.1, 0.15) is 20.3 Å². The quantitative estimate of drug-likeness (QED) is 0.717. The van der Waals surface area contributed by atoms with Gasteiger partial charge in [0.25, 0.3) is 0 Å². The molecule has 0 spiro atoms. The molecule has 9 heteroatoms. The first-order valence-corrected chi connectivity index (χ1v) is 10.9. The van der Waals surface area contributed by atoms with Gasteiger partial charge in [0.1, 0.15) is 5.75 Å². The molecule has 8 nitrogen and oxygen atoms in total. The van der Waals surface area contributed by atoms with Crippen LogP contribution < -0.4 is 4.74 Å². The molecule has 0 aromatic heterocycles. The molecular weight excluding hydrogens is 382 g/mol. The Balaban J connectivity index is 1.61. The Morgan fingerprint density at radius 3 is 2.21 bits per heavy atom. The van der Waals surface area contributed by atoms with Gasteiger partial charge in [-0.25, -0.2) is 8.42 Å². The van der Waals surface area contributed by atoms with Crippen molar-refractivity contribution in [1.29, 1.82) is 0 Å². The summed E-state index contributed by atoms with van der Waals surface area (Å²) in [5.74, 6) is 0.211. The number of rotatable bonds is 5. The fraction of sp³-hybridized carbons (Fsp3) is 0.579. The van der Waals surface area contributed by atoms with E-state index in [0.717, 1.165) is 0 Å². The molecule has 154 valence electrons. The highest BCUT2D eigenvalue weighted by Crippen LogP contribution is 2.24. The van der Waals surface area contributed by atoms with Crippen LogP contribution in [0.3, 0.4) is 0 Å². The minimum Gasteiger partial charge on any atom is -0.497 e. The van der Waals surface area contributed by atoms with E-state index in [9.17, 15) is 18.0 Å². The van der Waals surface area contributed by atoms with Crippen LogP contribution >= 0.6 is 0 Å². The van der Waals surface area contributed by atoms with Gasteiger partial charge in [-0.15, -0.1) is 0 Å². The first kappa shape index (κ1) is 20.6. The van der Waals surface area contributed by atoms with Crippen LogP contribution in [-0.4, -0.2) is 80.2 Å². The second-order valence-electron chi connectivity index (χ2n) is 7.45. The first-order valence-electron chi connectivity index (χ1n) is 9.46. The predicted octanol–water partition coefficient (Wildman–Crippen LogP) is 0.785. The number of amides is 2. The van der Waals surface area contributed by atoms with Crippen molar-refractivity contribution in [3.63, 3.8) is 0 Å². The second-order valence-corrected chi connectivity index (χ2v) is 9.38. The van der Waals surface area contributed by atoms with E-state index in [4.69, 9.17) is 4.74 Å². The minimum absolute atomic E-state index is 0.00840. The third-order valence-corrected chi connectivity index (χ3v) is 7.29. The van der Waals surface area contributed by atoms with E-state index >= 15 is 0 Å². The normalized spacial score (nSPS) is 21.4. The molecule has 0 unspecified atom stereocenters. The maximum atomic E-state index is 12.8. The molecule has 0 aliphatic carbocycles. The summed E-state index contributed by atoms with van der Waals surface area (Å²) in [6.07, 6.45) is 0.237. The number of benzene rings is 1. The van der Waals surface area contributed by atoms with Crippen LogP contribution in [0.4, 0.5) is 0 Å². The summed E-state index contributed by atoms with van der Waals surface area (Å²) in [4.78, 5) is 28.5. The number of carbonyl (C=O) groups excluding carboxylic acids is 2. The molecule has 0 bridgehead atoms. The Bertz CT molecular complexity index is 830. The molecule has 2 amide bonds. The molecule has 2 fully saturated rings. The maximum Gasteiger partial charge on any atom is 0.243 e. The molecule has 0 N–H and O–H groups in total. The number of nitrogens with zero attached hydrogens (tertiary/aromatic N) is 3. The van der Waals surface area contributed by atoms with Gasteiger partial charge in [0, 0.05) is 45.2 Å². The van der Waals surface area contributed by atoms with Gasteiger partial charge in [0.2, 0.25) is 21.8 Å². The monoisotopic (exact) mass is 409 g/mol. The molecule has 1 atom stereocenters. The standard InChI is InChI=1S/C19H27N3O5S/c1-14(2)22-13-15(12-18(22)23)19(24)20-8-10-21(11-9-20)28(25,26)17-6-4-16(27-3)5-7-17/h4-7,14-15H,8-13H2,1-3H3/t15-/m1/s1. The maximum absolute atomic E-state index is 12.8. The Kier molecular flexibility index (Phi) is 5.95. The van der Waals surface area contributed by atoms with Crippen molar-refractivity contribution in [2.45, 2.75) is 31.2 Å². The van der Waals surface area contributed by atoms with Gasteiger partial charge < -0.3 is 14.5 Å². The van der Waals surface area contributed by atoms with E-state index < -0.39 is 10.0 Å². The smallest absolute Gasteiger partial charge is 0.243 e. The van der Waals surface area contributed by atoms with Crippen molar-refractivity contribution in [2.24, 2.45) is 5.92 Å². The van der Waals surface area contributed by atoms with Crippen LogP contribution in [0.15, 0.2) is 29.2 Å². The fourth-order valence-corrected chi connectivity index (χ4v) is 5.12. The third kappa shape index (κ3) is 4.00. The van der Waals surface area contributed by atoms with Gasteiger partial charge in [0.15, 0.2) is 0 Å². The summed E-state index contributed by atoms with van der Waals surface area (Å²) in [5, 5.41) is 0. The van der Waals surface area contributed by atoms with Crippen LogP contribution in [0.25, 0.3) is 0 Å². The summed E-state index contributed by atoms with van der Waals surface area (Å²) in [6, 6.07) is 6.36. The van der Waals surface area contributed by atoms with E-state index in [0.29, 0.717) is 25.4 Å². The highest BCUT2D eigenvalue weighted by atomic mass is 32.2. The number of hydrogen-bond acceptors (Lipinski definition) is 5. The number of piperazine rings is 1. The minimum atomic E-state index is -3.61. The Hall–Kier alpha value is -2.13. The van der Waals surface area contributed by atoms with Crippen molar-refractivity contribution in [3.05, 3.63) is 24.3 Å². The molecule has 3 rings (SSSR count). The molecule has 0 radical (unpaired) electrons. The van der Waals surface area contributed by atoms with Crippen molar-refractivity contribution in [2.75, 3.05) is 39.8 Å². The summed E-state index contributed by atoms with van der Waals surface area (Å²) >= 11 is 0. The molecule has 2 saturated heterocycles. The number of ether oxygens (including phenoxy) is 1. The molecule has 2 aliphatic heterocycles. The summed E-state index contributed by atoms with van der Waals surface area (Å²) in [6.45, 7) is 5.48. The van der Waals surface area contributed by atoms with E-state index in [1.54, 1.807) is 21.9 Å². The Morgan fingerprint density at radius 1 is 1.11 bits per heavy atom. The molecule has 2 heterocycles. The molecule has 1 aromatic rings. The zero-order valence-electron chi connectivity index (χ0n) is 16.5. The fourth-order valence-electron chi connectivity index (χ4n) is 3.70. The second kappa shape index (κ2) is 8.08. The zero-order chi connectivity index (χ0) is 20.5. The summed E-state index contributed by atoms with van der Waals surface area (Å²) in [5.41, 5.74) is 0. The summed E-state index contributed by atoms with van der Waals surface area (Å²) in [7, 11) is -2.08. The van der Waals surface area contributed by atoms with Crippen LogP contribution in [-0.2, 0) is 19.6 Å². The van der Waals surface area contributed by atoms with E-state index in [-0.39, 0.29) is 48.2 Å². The van der Waals surface area contributed by atoms with Crippen molar-refractivity contribution < 1.29 is 22.7 Å². The molecule has 2 aliphatic rings. The third-order valence-electron chi connectivity index (χ3n) is 5.38. The molecule has 0 saturated carbocycles. The van der Waals surface area contributed by atoms with E-state index in [1.807, 2.05) is 13.8 Å². The average molecular weight is 410 g/mol. The first-order chi connectivity index (χ1) is 13.2. The Morgan fingerprint density at radius 2 is 1.71 bits per heavy atom. The van der Waals surface area contributed by atoms with Gasteiger partial charge in [0.05, 0.1) is 17.9 Å². The van der Waals surface area contributed by atoms with Crippen molar-refractivity contribution in [3.8, 4) is 5.75 Å². The average Bonchev–Trinajstić information content (AvgIpc) is 3.09. The highest BCUT2D eigenvalue weighted by Gasteiger charge is 2.39. The SMILES string of the molecule is COc1ccc(S(=O)(=O)N2CCN(C(=O)[C@@H]3CC(=O)N(C(C)C)C3)CC2)cc1. The van der Waals surface area contributed by atoms with Gasteiger partial charge in [-0.3, -0.25) is 9.59 Å². The summed E-state index contributed by atoms with van der Waals surface area (Å²) < 4.78 is 32.1. The predicted molar refractivity (Wildman–Crippen MR) is 103 cm³/mol. The van der Waals surface area contributed by atoms with Crippen molar-refractivity contribution >= 4 is 21.8 Å². The van der Waals surface area contributed by atoms with E-state index in [1.165, 1.54) is 23.5 Å². The Labute approximate surface area is 166 Å². The topological polar surface area (TPSA) is 87.2 Å².